The lowest BCUT2D eigenvalue weighted by atomic mass is 9.96. The Balaban J connectivity index is 2.21. The Morgan fingerprint density at radius 2 is 1.05 bits per heavy atom. The third-order valence-corrected chi connectivity index (χ3v) is 4.55. The molecule has 0 radical (unpaired) electrons. The molecular formula is C20H14BrCl. The summed E-state index contributed by atoms with van der Waals surface area (Å²) in [5.41, 5.74) is 4.60. The van der Waals surface area contributed by atoms with Crippen molar-refractivity contribution in [3.05, 3.63) is 107 Å². The summed E-state index contributed by atoms with van der Waals surface area (Å²) in [5, 5.41) is 0.743. The molecule has 3 aromatic carbocycles. The third-order valence-electron chi connectivity index (χ3n) is 3.44. The van der Waals surface area contributed by atoms with Crippen LogP contribution in [0.3, 0.4) is 0 Å². The van der Waals surface area contributed by atoms with E-state index in [4.69, 9.17) is 11.6 Å². The van der Waals surface area contributed by atoms with E-state index in [1.54, 1.807) is 0 Å². The van der Waals surface area contributed by atoms with Gasteiger partial charge < -0.3 is 0 Å². The van der Waals surface area contributed by atoms with Gasteiger partial charge in [-0.1, -0.05) is 84.4 Å². The van der Waals surface area contributed by atoms with Crippen molar-refractivity contribution in [2.45, 2.75) is 0 Å². The quantitative estimate of drug-likeness (QED) is 0.453. The number of hydrogen-bond acceptors (Lipinski definition) is 0. The number of halogens is 2. The van der Waals surface area contributed by atoms with Crippen LogP contribution >= 0.6 is 27.5 Å². The summed E-state index contributed by atoms with van der Waals surface area (Å²) in [4.78, 5) is 0. The van der Waals surface area contributed by atoms with Gasteiger partial charge in [0.05, 0.1) is 0 Å². The smallest absolute Gasteiger partial charge is 0.0406 e. The molecule has 0 N–H and O–H groups in total. The van der Waals surface area contributed by atoms with E-state index in [1.807, 2.05) is 36.4 Å². The minimum absolute atomic E-state index is 0.743. The molecule has 0 aliphatic carbocycles. The van der Waals surface area contributed by atoms with Crippen molar-refractivity contribution >= 4 is 37.6 Å². The molecule has 0 aliphatic rings. The van der Waals surface area contributed by atoms with Gasteiger partial charge in [-0.2, -0.15) is 0 Å². The Labute approximate surface area is 144 Å². The van der Waals surface area contributed by atoms with E-state index in [9.17, 15) is 0 Å². The fourth-order valence-electron chi connectivity index (χ4n) is 2.37. The summed E-state index contributed by atoms with van der Waals surface area (Å²) >= 11 is 9.82. The van der Waals surface area contributed by atoms with Gasteiger partial charge in [0.15, 0.2) is 0 Å². The molecule has 0 fully saturated rings. The minimum atomic E-state index is 0.743. The molecule has 0 nitrogen and oxygen atoms in total. The van der Waals surface area contributed by atoms with Crippen LogP contribution in [0.25, 0.3) is 10.1 Å². The average Bonchev–Trinajstić information content (AvgIpc) is 2.58. The first kappa shape index (κ1) is 15.1. The largest absolute Gasteiger partial charge is 0.0843 e. The van der Waals surface area contributed by atoms with Gasteiger partial charge in [-0.3, -0.25) is 0 Å². The lowest BCUT2D eigenvalue weighted by Gasteiger charge is -2.13. The van der Waals surface area contributed by atoms with Crippen molar-refractivity contribution < 1.29 is 0 Å². The highest BCUT2D eigenvalue weighted by molar-refractivity contribution is 9.15. The van der Waals surface area contributed by atoms with Crippen molar-refractivity contribution in [3.63, 3.8) is 0 Å². The third kappa shape index (κ3) is 3.32. The molecule has 108 valence electrons. The van der Waals surface area contributed by atoms with E-state index >= 15 is 0 Å². The van der Waals surface area contributed by atoms with Crippen LogP contribution in [0.2, 0.25) is 5.02 Å². The van der Waals surface area contributed by atoms with Crippen LogP contribution in [0.5, 0.6) is 0 Å². The maximum absolute atomic E-state index is 6.03. The molecule has 0 bridgehead atoms. The second-order valence-electron chi connectivity index (χ2n) is 4.93. The standard InChI is InChI=1S/C20H14BrCl/c21-20(17-9-5-2-6-10-17)19(15-7-3-1-4-8-15)16-11-13-18(22)14-12-16/h1-14H/b20-19+. The topological polar surface area (TPSA) is 0 Å². The zero-order valence-electron chi connectivity index (χ0n) is 11.8. The summed E-state index contributed by atoms with van der Waals surface area (Å²) < 4.78 is 1.07. The lowest BCUT2D eigenvalue weighted by molar-refractivity contribution is 1.55. The monoisotopic (exact) mass is 368 g/mol. The molecular weight excluding hydrogens is 356 g/mol. The highest BCUT2D eigenvalue weighted by Crippen LogP contribution is 2.36. The minimum Gasteiger partial charge on any atom is -0.0843 e. The van der Waals surface area contributed by atoms with Crippen LogP contribution < -0.4 is 0 Å². The second-order valence-corrected chi connectivity index (χ2v) is 6.16. The Kier molecular flexibility index (Phi) is 4.77. The van der Waals surface area contributed by atoms with Crippen LogP contribution in [-0.2, 0) is 0 Å². The van der Waals surface area contributed by atoms with E-state index in [0.717, 1.165) is 26.2 Å². The summed E-state index contributed by atoms with van der Waals surface area (Å²) in [6, 6.07) is 28.6. The zero-order valence-corrected chi connectivity index (χ0v) is 14.2. The predicted octanol–water partition coefficient (Wildman–Crippen LogP) is 6.65. The molecule has 0 heterocycles. The Morgan fingerprint density at radius 1 is 0.591 bits per heavy atom. The molecule has 0 atom stereocenters. The molecule has 0 saturated carbocycles. The van der Waals surface area contributed by atoms with Crippen LogP contribution in [-0.4, -0.2) is 0 Å². The van der Waals surface area contributed by atoms with Crippen molar-refractivity contribution in [1.29, 1.82) is 0 Å². The van der Waals surface area contributed by atoms with Gasteiger partial charge in [-0.25, -0.2) is 0 Å². The summed E-state index contributed by atoms with van der Waals surface area (Å²) in [5.74, 6) is 0. The molecule has 3 rings (SSSR count). The maximum atomic E-state index is 6.03. The van der Waals surface area contributed by atoms with E-state index in [-0.39, 0.29) is 0 Å². The Hall–Kier alpha value is -1.83. The van der Waals surface area contributed by atoms with Gasteiger partial charge >= 0.3 is 0 Å². The highest BCUT2D eigenvalue weighted by Gasteiger charge is 2.11. The van der Waals surface area contributed by atoms with Gasteiger partial charge in [0.1, 0.15) is 0 Å². The Bertz CT molecular complexity index is 775. The second kappa shape index (κ2) is 6.95. The van der Waals surface area contributed by atoms with Gasteiger partial charge in [0.25, 0.3) is 0 Å². The van der Waals surface area contributed by atoms with Crippen LogP contribution in [0.1, 0.15) is 16.7 Å². The first-order chi connectivity index (χ1) is 10.8. The average molecular weight is 370 g/mol. The van der Waals surface area contributed by atoms with Crippen molar-refractivity contribution in [2.24, 2.45) is 0 Å². The predicted molar refractivity (Wildman–Crippen MR) is 99.2 cm³/mol. The maximum Gasteiger partial charge on any atom is 0.0406 e. The van der Waals surface area contributed by atoms with Gasteiger partial charge in [-0.05, 0) is 44.8 Å². The molecule has 0 spiro atoms. The summed E-state index contributed by atoms with van der Waals surface area (Å²) in [6.45, 7) is 0. The molecule has 0 aromatic heterocycles. The number of benzene rings is 3. The highest BCUT2D eigenvalue weighted by atomic mass is 79.9. The van der Waals surface area contributed by atoms with Gasteiger partial charge in [0, 0.05) is 15.1 Å². The fraction of sp³-hybridized carbons (Fsp3) is 0. The molecule has 2 heteroatoms. The van der Waals surface area contributed by atoms with Gasteiger partial charge in [-0.15, -0.1) is 0 Å². The molecule has 22 heavy (non-hydrogen) atoms. The number of hydrogen-bond donors (Lipinski definition) is 0. The normalized spacial score (nSPS) is 11.9. The first-order valence-electron chi connectivity index (χ1n) is 7.02. The van der Waals surface area contributed by atoms with E-state index in [0.29, 0.717) is 0 Å². The van der Waals surface area contributed by atoms with E-state index in [1.165, 1.54) is 5.56 Å². The molecule has 0 unspecified atom stereocenters. The Morgan fingerprint density at radius 3 is 1.59 bits per heavy atom. The fourth-order valence-corrected chi connectivity index (χ4v) is 3.22. The summed E-state index contributed by atoms with van der Waals surface area (Å²) in [7, 11) is 0. The summed E-state index contributed by atoms with van der Waals surface area (Å²) in [6.07, 6.45) is 0. The molecule has 0 aliphatic heterocycles. The lowest BCUT2D eigenvalue weighted by Crippen LogP contribution is -1.91. The van der Waals surface area contributed by atoms with Crippen molar-refractivity contribution in [2.75, 3.05) is 0 Å². The van der Waals surface area contributed by atoms with Gasteiger partial charge in [0.2, 0.25) is 0 Å². The van der Waals surface area contributed by atoms with Crippen LogP contribution in [0, 0.1) is 0 Å². The molecule has 0 saturated heterocycles. The number of rotatable bonds is 3. The van der Waals surface area contributed by atoms with Crippen LogP contribution in [0.4, 0.5) is 0 Å². The SMILES string of the molecule is Clc1ccc(/C(=C(/Br)c2ccccc2)c2ccccc2)cc1. The van der Waals surface area contributed by atoms with Crippen LogP contribution in [0.15, 0.2) is 84.9 Å². The molecule has 0 amide bonds. The first-order valence-corrected chi connectivity index (χ1v) is 8.19. The van der Waals surface area contributed by atoms with Crippen molar-refractivity contribution in [1.82, 2.24) is 0 Å². The molecule has 3 aromatic rings. The zero-order chi connectivity index (χ0) is 15.4. The van der Waals surface area contributed by atoms with E-state index in [2.05, 4.69) is 64.5 Å². The van der Waals surface area contributed by atoms with E-state index < -0.39 is 0 Å². The van der Waals surface area contributed by atoms with Crippen molar-refractivity contribution in [3.8, 4) is 0 Å².